The topological polar surface area (TPSA) is 64.0 Å². The molecule has 0 aliphatic carbocycles. The van der Waals surface area contributed by atoms with E-state index in [0.29, 0.717) is 10.0 Å². The smallest absolute Gasteiger partial charge is 0.322 e. The molecule has 29 heavy (non-hydrogen) atoms. The molecule has 150 valence electrons. The van der Waals surface area contributed by atoms with Gasteiger partial charge in [0.2, 0.25) is 5.91 Å². The van der Waals surface area contributed by atoms with Crippen LogP contribution in [0.1, 0.15) is 5.56 Å². The van der Waals surface area contributed by atoms with Crippen molar-refractivity contribution >= 4 is 27.5 Å². The van der Waals surface area contributed by atoms with Crippen LogP contribution in [-0.4, -0.2) is 15.5 Å². The molecule has 0 spiro atoms. The van der Waals surface area contributed by atoms with Gasteiger partial charge in [-0.25, -0.2) is 9.37 Å². The summed E-state index contributed by atoms with van der Waals surface area (Å²) in [6, 6.07) is 9.40. The minimum absolute atomic E-state index is 0.0411. The molecule has 0 radical (unpaired) electrons. The molecular weight excluding hydrogens is 458 g/mol. The van der Waals surface area contributed by atoms with E-state index in [2.05, 4.69) is 26.2 Å². The van der Waals surface area contributed by atoms with Crippen LogP contribution in [-0.2, 0) is 17.5 Å². The molecule has 3 rings (SSSR count). The largest absolute Gasteiger partial charge is 0.416 e. The first-order valence-electron chi connectivity index (χ1n) is 8.12. The second kappa shape index (κ2) is 8.16. The molecule has 10 heteroatoms. The summed E-state index contributed by atoms with van der Waals surface area (Å²) < 4.78 is 53.2. The van der Waals surface area contributed by atoms with Crippen LogP contribution in [0.3, 0.4) is 0 Å². The van der Waals surface area contributed by atoms with Gasteiger partial charge in [0.05, 0.1) is 23.3 Å². The first-order chi connectivity index (χ1) is 13.6. The highest BCUT2D eigenvalue weighted by Crippen LogP contribution is 2.30. The Kier molecular flexibility index (Phi) is 5.83. The van der Waals surface area contributed by atoms with Crippen molar-refractivity contribution in [3.63, 3.8) is 0 Å². The Hall–Kier alpha value is -3.01. The molecule has 0 aliphatic heterocycles. The lowest BCUT2D eigenvalue weighted by atomic mass is 10.1. The summed E-state index contributed by atoms with van der Waals surface area (Å²) in [4.78, 5) is 28.3. The fourth-order valence-corrected chi connectivity index (χ4v) is 2.80. The van der Waals surface area contributed by atoms with Crippen molar-refractivity contribution < 1.29 is 22.4 Å². The lowest BCUT2D eigenvalue weighted by Crippen LogP contribution is -2.27. The van der Waals surface area contributed by atoms with Gasteiger partial charge in [0.15, 0.2) is 0 Å². The molecule has 0 bridgehead atoms. The zero-order valence-corrected chi connectivity index (χ0v) is 16.1. The minimum atomic E-state index is -4.46. The first kappa shape index (κ1) is 20.7. The Morgan fingerprint density at radius 1 is 1.10 bits per heavy atom. The van der Waals surface area contributed by atoms with Gasteiger partial charge in [-0.15, -0.1) is 0 Å². The van der Waals surface area contributed by atoms with Crippen LogP contribution < -0.4 is 10.9 Å². The van der Waals surface area contributed by atoms with Gasteiger partial charge >= 0.3 is 6.18 Å². The molecule has 0 aliphatic rings. The van der Waals surface area contributed by atoms with Gasteiger partial charge in [-0.05, 0) is 30.3 Å². The van der Waals surface area contributed by atoms with E-state index in [1.807, 2.05) is 0 Å². The van der Waals surface area contributed by atoms with E-state index in [1.165, 1.54) is 24.3 Å². The van der Waals surface area contributed by atoms with Crippen LogP contribution in [0.5, 0.6) is 0 Å². The number of hydrogen-bond donors (Lipinski definition) is 1. The highest BCUT2D eigenvalue weighted by molar-refractivity contribution is 9.10. The van der Waals surface area contributed by atoms with E-state index >= 15 is 0 Å². The number of nitrogens with one attached hydrogen (secondary N) is 1. The number of rotatable bonds is 4. The number of nitrogens with zero attached hydrogens (tertiary/aromatic N) is 2. The highest BCUT2D eigenvalue weighted by atomic mass is 79.9. The van der Waals surface area contributed by atoms with E-state index in [1.54, 1.807) is 6.07 Å². The molecule has 1 N–H and O–H groups in total. The molecule has 2 aromatic carbocycles. The number of alkyl halides is 3. The summed E-state index contributed by atoms with van der Waals surface area (Å²) in [6.07, 6.45) is -3.36. The second-order valence-corrected chi connectivity index (χ2v) is 6.90. The van der Waals surface area contributed by atoms with Gasteiger partial charge < -0.3 is 5.32 Å². The Morgan fingerprint density at radius 2 is 1.79 bits per heavy atom. The van der Waals surface area contributed by atoms with E-state index in [0.717, 1.165) is 29.1 Å². The number of aromatic nitrogens is 2. The molecular formula is C19H12BrF4N3O2. The van der Waals surface area contributed by atoms with Gasteiger partial charge in [0.1, 0.15) is 12.4 Å². The van der Waals surface area contributed by atoms with Crippen LogP contribution in [0.25, 0.3) is 11.3 Å². The van der Waals surface area contributed by atoms with Crippen LogP contribution in [0.2, 0.25) is 0 Å². The lowest BCUT2D eigenvalue weighted by Gasteiger charge is -2.10. The van der Waals surface area contributed by atoms with Crippen molar-refractivity contribution in [2.24, 2.45) is 0 Å². The summed E-state index contributed by atoms with van der Waals surface area (Å²) in [5, 5.41) is 2.35. The SMILES string of the molecule is O=C(Cn1cnc(-c2ccc(C(F)(F)F)cc2)cc1=O)Nc1ccc(Br)cc1F. The van der Waals surface area contributed by atoms with E-state index in [-0.39, 0.29) is 11.4 Å². The maximum absolute atomic E-state index is 13.8. The van der Waals surface area contributed by atoms with Crippen molar-refractivity contribution in [2.45, 2.75) is 12.7 Å². The van der Waals surface area contributed by atoms with Crippen LogP contribution in [0.4, 0.5) is 23.2 Å². The summed E-state index contributed by atoms with van der Waals surface area (Å²) in [6.45, 7) is -0.408. The molecule has 0 saturated heterocycles. The predicted molar refractivity (Wildman–Crippen MR) is 102 cm³/mol. The maximum atomic E-state index is 13.8. The molecule has 3 aromatic rings. The van der Waals surface area contributed by atoms with E-state index < -0.39 is 35.6 Å². The van der Waals surface area contributed by atoms with Crippen LogP contribution >= 0.6 is 15.9 Å². The molecule has 0 fully saturated rings. The van der Waals surface area contributed by atoms with E-state index in [9.17, 15) is 27.2 Å². The van der Waals surface area contributed by atoms with Gasteiger partial charge in [-0.3, -0.25) is 14.2 Å². The average Bonchev–Trinajstić information content (AvgIpc) is 2.65. The van der Waals surface area contributed by atoms with Crippen molar-refractivity contribution in [1.29, 1.82) is 0 Å². The number of carbonyl (C=O) groups is 1. The molecule has 1 heterocycles. The van der Waals surface area contributed by atoms with Gasteiger partial charge in [0, 0.05) is 16.1 Å². The van der Waals surface area contributed by atoms with Crippen LogP contribution in [0.15, 0.2) is 64.1 Å². The van der Waals surface area contributed by atoms with Crippen molar-refractivity contribution in [1.82, 2.24) is 9.55 Å². The van der Waals surface area contributed by atoms with Crippen molar-refractivity contribution in [3.8, 4) is 11.3 Å². The maximum Gasteiger partial charge on any atom is 0.416 e. The molecule has 5 nitrogen and oxygen atoms in total. The fraction of sp³-hybridized carbons (Fsp3) is 0.105. The Bertz CT molecular complexity index is 1110. The average molecular weight is 470 g/mol. The Balaban J connectivity index is 1.74. The summed E-state index contributed by atoms with van der Waals surface area (Å²) in [5.41, 5.74) is -0.948. The van der Waals surface area contributed by atoms with E-state index in [4.69, 9.17) is 0 Å². The standard InChI is InChI=1S/C19H12BrF4N3O2/c20-13-5-6-15(14(21)7-13)26-17(28)9-27-10-25-16(8-18(27)29)11-1-3-12(4-2-11)19(22,23)24/h1-8,10H,9H2,(H,26,28). The molecule has 0 atom stereocenters. The summed E-state index contributed by atoms with van der Waals surface area (Å²) in [7, 11) is 0. The van der Waals surface area contributed by atoms with Crippen molar-refractivity contribution in [3.05, 3.63) is 81.1 Å². The number of benzene rings is 2. The van der Waals surface area contributed by atoms with Crippen LogP contribution in [0, 0.1) is 5.82 Å². The zero-order valence-electron chi connectivity index (χ0n) is 14.5. The third-order valence-corrected chi connectivity index (χ3v) is 4.40. The Labute approximate surface area is 170 Å². The minimum Gasteiger partial charge on any atom is -0.322 e. The number of halogens is 5. The lowest BCUT2D eigenvalue weighted by molar-refractivity contribution is -0.137. The van der Waals surface area contributed by atoms with Crippen molar-refractivity contribution in [2.75, 3.05) is 5.32 Å². The normalized spacial score (nSPS) is 11.3. The van der Waals surface area contributed by atoms with Gasteiger partial charge in [-0.2, -0.15) is 13.2 Å². The molecule has 0 unspecified atom stereocenters. The second-order valence-electron chi connectivity index (χ2n) is 5.99. The fourth-order valence-electron chi connectivity index (χ4n) is 2.47. The number of hydrogen-bond acceptors (Lipinski definition) is 3. The number of anilines is 1. The first-order valence-corrected chi connectivity index (χ1v) is 8.92. The highest BCUT2D eigenvalue weighted by Gasteiger charge is 2.30. The quantitative estimate of drug-likeness (QED) is 0.573. The van der Waals surface area contributed by atoms with Gasteiger partial charge in [-0.1, -0.05) is 28.1 Å². The number of carbonyl (C=O) groups excluding carboxylic acids is 1. The predicted octanol–water partition coefficient (Wildman–Crippen LogP) is 4.47. The summed E-state index contributed by atoms with van der Waals surface area (Å²) in [5.74, 6) is -1.28. The number of amides is 1. The zero-order chi connectivity index (χ0) is 21.2. The third-order valence-electron chi connectivity index (χ3n) is 3.91. The molecule has 0 saturated carbocycles. The monoisotopic (exact) mass is 469 g/mol. The molecule has 1 amide bonds. The summed E-state index contributed by atoms with van der Waals surface area (Å²) >= 11 is 3.10. The third kappa shape index (κ3) is 5.08. The van der Waals surface area contributed by atoms with Gasteiger partial charge in [0.25, 0.3) is 5.56 Å². The molecule has 1 aromatic heterocycles. The Morgan fingerprint density at radius 3 is 2.38 bits per heavy atom.